The van der Waals surface area contributed by atoms with Crippen molar-refractivity contribution in [1.29, 1.82) is 0 Å². The molecule has 0 fully saturated rings. The van der Waals surface area contributed by atoms with E-state index in [4.69, 9.17) is 4.74 Å². The lowest BCUT2D eigenvalue weighted by Gasteiger charge is -2.09. The summed E-state index contributed by atoms with van der Waals surface area (Å²) in [5.41, 5.74) is 0.946. The first kappa shape index (κ1) is 16.4. The largest absolute Gasteiger partial charge is 0.468 e. The number of carbonyl (C=O) groups is 1. The SMILES string of the molecule is O=COCCc1c[nH]c2nccc(Oc3ccc([N+](=O)[O-])cc3F)c12. The van der Waals surface area contributed by atoms with Gasteiger partial charge in [-0.1, -0.05) is 0 Å². The second kappa shape index (κ2) is 6.95. The molecular weight excluding hydrogens is 333 g/mol. The first-order chi connectivity index (χ1) is 12.1. The molecule has 8 nitrogen and oxygen atoms in total. The highest BCUT2D eigenvalue weighted by Crippen LogP contribution is 2.33. The molecule has 0 aliphatic carbocycles. The van der Waals surface area contributed by atoms with Crippen LogP contribution in [0.2, 0.25) is 0 Å². The lowest BCUT2D eigenvalue weighted by atomic mass is 10.1. The van der Waals surface area contributed by atoms with Gasteiger partial charge in [0.15, 0.2) is 11.6 Å². The van der Waals surface area contributed by atoms with Crippen LogP contribution in [0.15, 0.2) is 36.7 Å². The average molecular weight is 345 g/mol. The number of non-ortho nitro benzene ring substituents is 1. The van der Waals surface area contributed by atoms with Crippen LogP contribution in [-0.4, -0.2) is 28.0 Å². The van der Waals surface area contributed by atoms with E-state index in [0.29, 0.717) is 29.7 Å². The van der Waals surface area contributed by atoms with Crippen molar-refractivity contribution in [3.63, 3.8) is 0 Å². The van der Waals surface area contributed by atoms with Crippen LogP contribution in [0.25, 0.3) is 11.0 Å². The van der Waals surface area contributed by atoms with Crippen LogP contribution < -0.4 is 4.74 Å². The molecule has 0 saturated carbocycles. The van der Waals surface area contributed by atoms with Crippen molar-refractivity contribution >= 4 is 23.2 Å². The average Bonchev–Trinajstić information content (AvgIpc) is 3.01. The maximum absolute atomic E-state index is 14.1. The molecular formula is C16H12FN3O5. The Morgan fingerprint density at radius 2 is 2.16 bits per heavy atom. The number of rotatable bonds is 7. The van der Waals surface area contributed by atoms with Crippen LogP contribution in [0.1, 0.15) is 5.56 Å². The van der Waals surface area contributed by atoms with E-state index in [-0.39, 0.29) is 18.0 Å². The first-order valence-corrected chi connectivity index (χ1v) is 7.22. The molecule has 2 aromatic heterocycles. The van der Waals surface area contributed by atoms with Crippen LogP contribution in [0.5, 0.6) is 11.5 Å². The summed E-state index contributed by atoms with van der Waals surface area (Å²) >= 11 is 0. The zero-order valence-electron chi connectivity index (χ0n) is 12.8. The van der Waals surface area contributed by atoms with Crippen LogP contribution in [0.3, 0.4) is 0 Å². The lowest BCUT2D eigenvalue weighted by Crippen LogP contribution is -1.97. The molecule has 0 saturated heterocycles. The number of hydrogen-bond donors (Lipinski definition) is 1. The molecule has 0 aliphatic rings. The molecule has 2 heterocycles. The van der Waals surface area contributed by atoms with Crippen LogP contribution in [0.4, 0.5) is 10.1 Å². The number of ether oxygens (including phenoxy) is 2. The minimum absolute atomic E-state index is 0.144. The summed E-state index contributed by atoms with van der Waals surface area (Å²) in [6.45, 7) is 0.535. The van der Waals surface area contributed by atoms with Gasteiger partial charge in [-0.15, -0.1) is 0 Å². The van der Waals surface area contributed by atoms with E-state index in [1.54, 1.807) is 12.3 Å². The molecule has 0 radical (unpaired) electrons. The summed E-state index contributed by atoms with van der Waals surface area (Å²) in [7, 11) is 0. The summed E-state index contributed by atoms with van der Waals surface area (Å²) in [5, 5.41) is 11.3. The van der Waals surface area contributed by atoms with Gasteiger partial charge in [-0.05, 0) is 17.7 Å². The zero-order valence-corrected chi connectivity index (χ0v) is 12.8. The summed E-state index contributed by atoms with van der Waals surface area (Å²) in [6.07, 6.45) is 3.61. The topological polar surface area (TPSA) is 107 Å². The molecule has 0 atom stereocenters. The predicted molar refractivity (Wildman–Crippen MR) is 84.9 cm³/mol. The maximum atomic E-state index is 14.1. The van der Waals surface area contributed by atoms with E-state index in [1.807, 2.05) is 0 Å². The number of halogens is 1. The van der Waals surface area contributed by atoms with E-state index in [0.717, 1.165) is 17.7 Å². The molecule has 1 aromatic carbocycles. The van der Waals surface area contributed by atoms with Crippen molar-refractivity contribution in [2.24, 2.45) is 0 Å². The van der Waals surface area contributed by atoms with Crippen molar-refractivity contribution in [3.05, 3.63) is 58.2 Å². The summed E-state index contributed by atoms with van der Waals surface area (Å²) in [4.78, 5) is 27.4. The fourth-order valence-electron chi connectivity index (χ4n) is 2.40. The number of H-pyrrole nitrogens is 1. The molecule has 0 unspecified atom stereocenters. The fourth-order valence-corrected chi connectivity index (χ4v) is 2.40. The predicted octanol–water partition coefficient (Wildman–Crippen LogP) is 3.12. The third-order valence-corrected chi connectivity index (χ3v) is 3.52. The van der Waals surface area contributed by atoms with Gasteiger partial charge in [-0.3, -0.25) is 14.9 Å². The molecule has 0 spiro atoms. The van der Waals surface area contributed by atoms with E-state index in [9.17, 15) is 19.3 Å². The Kier molecular flexibility index (Phi) is 4.55. The van der Waals surface area contributed by atoms with Gasteiger partial charge in [0.2, 0.25) is 0 Å². The molecule has 128 valence electrons. The third kappa shape index (κ3) is 3.39. The number of nitro groups is 1. The summed E-state index contributed by atoms with van der Waals surface area (Å²) in [6, 6.07) is 4.71. The van der Waals surface area contributed by atoms with Crippen LogP contribution >= 0.6 is 0 Å². The highest BCUT2D eigenvalue weighted by molar-refractivity contribution is 5.86. The smallest absolute Gasteiger partial charge is 0.293 e. The van der Waals surface area contributed by atoms with Crippen molar-refractivity contribution < 1.29 is 23.6 Å². The first-order valence-electron chi connectivity index (χ1n) is 7.22. The second-order valence-corrected chi connectivity index (χ2v) is 5.04. The number of pyridine rings is 1. The number of nitrogens with one attached hydrogen (secondary N) is 1. The zero-order chi connectivity index (χ0) is 17.8. The van der Waals surface area contributed by atoms with E-state index in [2.05, 4.69) is 14.7 Å². The highest BCUT2D eigenvalue weighted by Gasteiger charge is 2.16. The van der Waals surface area contributed by atoms with Crippen molar-refractivity contribution in [2.75, 3.05) is 6.61 Å². The van der Waals surface area contributed by atoms with Gasteiger partial charge < -0.3 is 14.5 Å². The number of nitrogens with zero attached hydrogens (tertiary/aromatic N) is 2. The van der Waals surface area contributed by atoms with E-state index in [1.165, 1.54) is 12.3 Å². The van der Waals surface area contributed by atoms with Gasteiger partial charge >= 0.3 is 0 Å². The molecule has 0 bridgehead atoms. The maximum Gasteiger partial charge on any atom is 0.293 e. The molecule has 3 rings (SSSR count). The number of fused-ring (bicyclic) bond motifs is 1. The summed E-state index contributed by atoms with van der Waals surface area (Å²) < 4.78 is 24.3. The van der Waals surface area contributed by atoms with Crippen molar-refractivity contribution in [2.45, 2.75) is 6.42 Å². The van der Waals surface area contributed by atoms with Gasteiger partial charge in [-0.25, -0.2) is 9.37 Å². The molecule has 1 N–H and O–H groups in total. The summed E-state index contributed by atoms with van der Waals surface area (Å²) in [5.74, 6) is -0.657. The molecule has 3 aromatic rings. The number of nitro benzene ring substituents is 1. The molecule has 0 amide bonds. The van der Waals surface area contributed by atoms with Gasteiger partial charge in [0.1, 0.15) is 11.4 Å². The Balaban J connectivity index is 1.94. The van der Waals surface area contributed by atoms with Gasteiger partial charge in [0.05, 0.1) is 23.0 Å². The van der Waals surface area contributed by atoms with Gasteiger partial charge in [0, 0.05) is 24.9 Å². The molecule has 0 aliphatic heterocycles. The molecule has 9 heteroatoms. The Hall–Kier alpha value is -3.49. The Morgan fingerprint density at radius 1 is 1.32 bits per heavy atom. The second-order valence-electron chi connectivity index (χ2n) is 5.04. The number of hydrogen-bond acceptors (Lipinski definition) is 6. The number of benzene rings is 1. The fraction of sp³-hybridized carbons (Fsp3) is 0.125. The standard InChI is InChI=1S/C16H12FN3O5/c17-12-7-11(20(22)23)1-2-13(12)25-14-3-5-18-16-15(14)10(8-19-16)4-6-24-9-21/h1-3,5,7-9H,4,6H2,(H,18,19). The van der Waals surface area contributed by atoms with Crippen LogP contribution in [-0.2, 0) is 16.0 Å². The number of carbonyl (C=O) groups excluding carboxylic acids is 1. The highest BCUT2D eigenvalue weighted by atomic mass is 19.1. The quantitative estimate of drug-likeness (QED) is 0.305. The third-order valence-electron chi connectivity index (χ3n) is 3.52. The lowest BCUT2D eigenvalue weighted by molar-refractivity contribution is -0.385. The Bertz CT molecular complexity index is 941. The normalized spacial score (nSPS) is 10.6. The van der Waals surface area contributed by atoms with Crippen molar-refractivity contribution in [3.8, 4) is 11.5 Å². The van der Waals surface area contributed by atoms with Crippen molar-refractivity contribution in [1.82, 2.24) is 9.97 Å². The monoisotopic (exact) mass is 345 g/mol. The van der Waals surface area contributed by atoms with Crippen LogP contribution in [0, 0.1) is 15.9 Å². The number of aromatic nitrogens is 2. The minimum Gasteiger partial charge on any atom is -0.468 e. The minimum atomic E-state index is -0.847. The molecule has 25 heavy (non-hydrogen) atoms. The van der Waals surface area contributed by atoms with E-state index >= 15 is 0 Å². The van der Waals surface area contributed by atoms with Gasteiger partial charge in [-0.2, -0.15) is 0 Å². The number of aromatic amines is 1. The Morgan fingerprint density at radius 3 is 2.88 bits per heavy atom. The van der Waals surface area contributed by atoms with E-state index < -0.39 is 10.7 Å². The van der Waals surface area contributed by atoms with Gasteiger partial charge in [0.25, 0.3) is 12.2 Å². The Labute approximate surface area is 140 Å².